The summed E-state index contributed by atoms with van der Waals surface area (Å²) in [6, 6.07) is 6.34. The molecule has 2 aromatic carbocycles. The highest BCUT2D eigenvalue weighted by molar-refractivity contribution is 5.99. The van der Waals surface area contributed by atoms with Gasteiger partial charge in [0, 0.05) is 31.7 Å². The number of ether oxygens (including phenoxy) is 4. The van der Waals surface area contributed by atoms with Gasteiger partial charge < -0.3 is 45.3 Å². The minimum Gasteiger partial charge on any atom is -0.494 e. The fraction of sp³-hybridized carbons (Fsp3) is 0.333. The van der Waals surface area contributed by atoms with Gasteiger partial charge in [0.1, 0.15) is 29.1 Å². The predicted octanol–water partition coefficient (Wildman–Crippen LogP) is 1.42. The summed E-state index contributed by atoms with van der Waals surface area (Å²) in [7, 11) is 2.81. The third-order valence-electron chi connectivity index (χ3n) is 7.17. The number of carbonyl (C=O) groups is 2. The smallest absolute Gasteiger partial charge is 0.338 e. The van der Waals surface area contributed by atoms with Crippen molar-refractivity contribution in [2.24, 2.45) is 5.73 Å². The van der Waals surface area contributed by atoms with Gasteiger partial charge >= 0.3 is 5.97 Å². The largest absolute Gasteiger partial charge is 0.494 e. The number of anilines is 2. The van der Waals surface area contributed by atoms with Crippen LogP contribution in [0.2, 0.25) is 0 Å². The average Bonchev–Trinajstić information content (AvgIpc) is 3.52. The molecule has 1 saturated heterocycles. The van der Waals surface area contributed by atoms with E-state index in [0.29, 0.717) is 72.0 Å². The second-order valence-electron chi connectivity index (χ2n) is 9.91. The number of allylic oxidation sites excluding steroid dienone is 2. The molecule has 3 heterocycles. The van der Waals surface area contributed by atoms with Gasteiger partial charge in [-0.2, -0.15) is 0 Å². The minimum atomic E-state index is -0.609. The quantitative estimate of drug-likeness (QED) is 0.135. The van der Waals surface area contributed by atoms with Gasteiger partial charge in [-0.05, 0) is 24.3 Å². The molecule has 1 aliphatic rings. The van der Waals surface area contributed by atoms with Crippen LogP contribution in [-0.2, 0) is 22.6 Å². The van der Waals surface area contributed by atoms with E-state index in [2.05, 4.69) is 26.7 Å². The molecule has 0 atom stereocenters. The number of fused-ring (bicyclic) bond motifs is 2. The maximum absolute atomic E-state index is 12.1. The number of benzene rings is 2. The monoisotopic (exact) mass is 602 g/mol. The molecule has 0 unspecified atom stereocenters. The molecule has 230 valence electrons. The van der Waals surface area contributed by atoms with E-state index in [9.17, 15) is 9.59 Å². The summed E-state index contributed by atoms with van der Waals surface area (Å²) >= 11 is 0. The molecule has 1 amide bonds. The highest BCUT2D eigenvalue weighted by Crippen LogP contribution is 2.31. The molecule has 0 aliphatic carbocycles. The van der Waals surface area contributed by atoms with E-state index in [1.807, 2.05) is 12.2 Å². The fourth-order valence-electron chi connectivity index (χ4n) is 4.96. The Hall–Kier alpha value is -5.26. The van der Waals surface area contributed by atoms with Crippen LogP contribution in [0.15, 0.2) is 36.4 Å². The van der Waals surface area contributed by atoms with Crippen LogP contribution in [0.3, 0.4) is 0 Å². The molecule has 0 saturated carbocycles. The van der Waals surface area contributed by atoms with E-state index in [-0.39, 0.29) is 24.1 Å². The first-order valence-electron chi connectivity index (χ1n) is 13.9. The predicted molar refractivity (Wildman–Crippen MR) is 164 cm³/mol. The van der Waals surface area contributed by atoms with Crippen LogP contribution in [0.5, 0.6) is 11.5 Å². The van der Waals surface area contributed by atoms with Crippen LogP contribution in [0, 0.1) is 11.8 Å². The topological polar surface area (TPSA) is 188 Å². The summed E-state index contributed by atoms with van der Waals surface area (Å²) in [5, 5.41) is 0. The van der Waals surface area contributed by atoms with Gasteiger partial charge in [-0.25, -0.2) is 14.8 Å². The number of carbonyl (C=O) groups excluding carboxylic acids is 2. The minimum absolute atomic E-state index is 0.106. The van der Waals surface area contributed by atoms with Crippen molar-refractivity contribution in [2.45, 2.75) is 13.1 Å². The van der Waals surface area contributed by atoms with Crippen molar-refractivity contribution in [3.8, 4) is 23.3 Å². The van der Waals surface area contributed by atoms with E-state index in [0.717, 1.165) is 13.1 Å². The lowest BCUT2D eigenvalue weighted by Crippen LogP contribution is -2.36. The Morgan fingerprint density at radius 2 is 1.50 bits per heavy atom. The van der Waals surface area contributed by atoms with E-state index >= 15 is 0 Å². The molecule has 5 rings (SSSR count). The molecule has 1 aliphatic heterocycles. The van der Waals surface area contributed by atoms with Crippen molar-refractivity contribution in [2.75, 3.05) is 65.1 Å². The van der Waals surface area contributed by atoms with Gasteiger partial charge in [-0.1, -0.05) is 24.0 Å². The van der Waals surface area contributed by atoms with Crippen molar-refractivity contribution >= 4 is 45.8 Å². The van der Waals surface area contributed by atoms with Crippen molar-refractivity contribution in [1.82, 2.24) is 24.0 Å². The molecule has 2 aromatic heterocycles. The molecular formula is C30H34N8O6. The van der Waals surface area contributed by atoms with E-state index in [4.69, 9.17) is 36.1 Å². The van der Waals surface area contributed by atoms with Gasteiger partial charge in [0.2, 0.25) is 17.8 Å². The summed E-state index contributed by atoms with van der Waals surface area (Å²) < 4.78 is 25.3. The zero-order valence-electron chi connectivity index (χ0n) is 24.5. The molecule has 1 fully saturated rings. The van der Waals surface area contributed by atoms with Gasteiger partial charge in [-0.15, -0.1) is 0 Å². The number of nitrogens with two attached hydrogens (primary N) is 3. The molecule has 4 aromatic rings. The number of methoxy groups -OCH3 is 2. The van der Waals surface area contributed by atoms with Crippen molar-refractivity contribution in [3.63, 3.8) is 0 Å². The zero-order chi connectivity index (χ0) is 31.2. The van der Waals surface area contributed by atoms with Crippen LogP contribution in [0.1, 0.15) is 20.7 Å². The van der Waals surface area contributed by atoms with Crippen LogP contribution in [-0.4, -0.2) is 89.6 Å². The summed E-state index contributed by atoms with van der Waals surface area (Å²) in [6.07, 6.45) is 3.79. The van der Waals surface area contributed by atoms with Gasteiger partial charge in [0.25, 0.3) is 0 Å². The Labute approximate surface area is 253 Å². The number of aromatic nitrogens is 4. The number of hydrogen-bond donors (Lipinski definition) is 3. The summed E-state index contributed by atoms with van der Waals surface area (Å²) in [5.41, 5.74) is 20.8. The van der Waals surface area contributed by atoms with Crippen LogP contribution < -0.4 is 26.7 Å². The first-order valence-corrected chi connectivity index (χ1v) is 13.9. The Bertz CT molecular complexity index is 1790. The molecule has 44 heavy (non-hydrogen) atoms. The molecule has 0 bridgehead atoms. The molecular weight excluding hydrogens is 568 g/mol. The Morgan fingerprint density at radius 1 is 0.909 bits per heavy atom. The number of hydrogen-bond acceptors (Lipinski definition) is 11. The van der Waals surface area contributed by atoms with Crippen LogP contribution in [0.25, 0.3) is 22.1 Å². The number of primary amides is 1. The third-order valence-corrected chi connectivity index (χ3v) is 7.17. The maximum atomic E-state index is 12.1. The highest BCUT2D eigenvalue weighted by atomic mass is 16.5. The second kappa shape index (κ2) is 13.4. The highest BCUT2D eigenvalue weighted by Gasteiger charge is 2.19. The maximum Gasteiger partial charge on any atom is 0.338 e. The van der Waals surface area contributed by atoms with Crippen molar-refractivity contribution < 1.29 is 28.5 Å². The number of imidazole rings is 2. The lowest BCUT2D eigenvalue weighted by atomic mass is 10.1. The molecule has 0 spiro atoms. The lowest BCUT2D eigenvalue weighted by molar-refractivity contribution is 0.0443. The number of amides is 1. The fourth-order valence-corrected chi connectivity index (χ4v) is 4.96. The zero-order valence-corrected chi connectivity index (χ0v) is 24.5. The van der Waals surface area contributed by atoms with E-state index in [1.54, 1.807) is 33.4 Å². The first kappa shape index (κ1) is 30.2. The van der Waals surface area contributed by atoms with Crippen molar-refractivity contribution in [1.29, 1.82) is 0 Å². The van der Waals surface area contributed by atoms with Gasteiger partial charge in [0.15, 0.2) is 0 Å². The summed E-state index contributed by atoms with van der Waals surface area (Å²) in [5.74, 6) is 6.35. The number of nitrogen functional groups attached to an aromatic ring is 2. The van der Waals surface area contributed by atoms with E-state index < -0.39 is 11.9 Å². The van der Waals surface area contributed by atoms with E-state index in [1.165, 1.54) is 14.2 Å². The Balaban J connectivity index is 1.36. The normalized spacial score (nSPS) is 13.7. The summed E-state index contributed by atoms with van der Waals surface area (Å²) in [4.78, 5) is 35.1. The number of morpholine rings is 1. The summed E-state index contributed by atoms with van der Waals surface area (Å²) in [6.45, 7) is 4.52. The molecule has 0 radical (unpaired) electrons. The first-order chi connectivity index (χ1) is 21.3. The van der Waals surface area contributed by atoms with Crippen LogP contribution in [0.4, 0.5) is 11.9 Å². The Kier molecular flexibility index (Phi) is 9.17. The Morgan fingerprint density at radius 3 is 2.09 bits per heavy atom. The standard InChI is InChI=1S/C30H34N8O6/c1-41-23-18-20(28(40)42-2)16-22-25(23)37(29(32)35-22)8-3-4-9-38-26-21(34-30(38)33)15-19(27(31)39)17-24(26)44-12-6-5-7-36-10-13-43-14-11-36/h3-4,15-18H,7-14H2,1-2H3,(H2,31,39)(H2,32,35)(H2,33,34)/b4-3+. The lowest BCUT2D eigenvalue weighted by Gasteiger charge is -2.24. The number of rotatable bonds is 10. The SMILES string of the molecule is COC(=O)c1cc(OC)c2c(c1)nc(N)n2C/C=C/Cn1c(N)nc2cc(C(N)=O)cc(OCC#CCN3CCOCC3)c21. The van der Waals surface area contributed by atoms with Gasteiger partial charge in [-0.3, -0.25) is 9.69 Å². The van der Waals surface area contributed by atoms with Gasteiger partial charge in [0.05, 0.1) is 50.6 Å². The number of nitrogens with zero attached hydrogens (tertiary/aromatic N) is 5. The average molecular weight is 603 g/mol. The third kappa shape index (κ3) is 6.38. The molecule has 14 heteroatoms. The second-order valence-corrected chi connectivity index (χ2v) is 9.91. The van der Waals surface area contributed by atoms with Crippen molar-refractivity contribution in [3.05, 3.63) is 47.5 Å². The molecule has 14 nitrogen and oxygen atoms in total. The van der Waals surface area contributed by atoms with Crippen LogP contribution >= 0.6 is 0 Å². The number of esters is 1. The molecule has 6 N–H and O–H groups in total.